The number of rotatable bonds is 5. The molecule has 7 heteroatoms. The largest absolute Gasteiger partial charge is 0.349 e. The lowest BCUT2D eigenvalue weighted by Crippen LogP contribution is -2.53. The number of carbonyl (C=O) groups is 2. The quantitative estimate of drug-likeness (QED) is 0.615. The van der Waals surface area contributed by atoms with E-state index in [0.29, 0.717) is 6.04 Å². The van der Waals surface area contributed by atoms with Gasteiger partial charge in [-0.1, -0.05) is 25.0 Å². The topological polar surface area (TPSA) is 96.2 Å². The maximum atomic E-state index is 12.7. The lowest BCUT2D eigenvalue weighted by Gasteiger charge is -2.37. The average Bonchev–Trinajstić information content (AvgIpc) is 3.38. The molecule has 1 aromatic carbocycles. The van der Waals surface area contributed by atoms with E-state index in [1.165, 1.54) is 0 Å². The number of urea groups is 1. The smallest absolute Gasteiger partial charge is 0.319 e. The fraction of sp³-hybridized carbons (Fsp3) is 0.600. The van der Waals surface area contributed by atoms with Crippen LogP contribution in [0.2, 0.25) is 0 Å². The molecule has 150 valence electrons. The first-order valence-corrected chi connectivity index (χ1v) is 9.62. The van der Waals surface area contributed by atoms with Crippen molar-refractivity contribution in [2.75, 3.05) is 5.32 Å². The van der Waals surface area contributed by atoms with Gasteiger partial charge in [0.05, 0.1) is 12.0 Å². The van der Waals surface area contributed by atoms with Gasteiger partial charge < -0.3 is 21.7 Å². The first kappa shape index (κ1) is 21.5. The molecule has 2 aliphatic rings. The van der Waals surface area contributed by atoms with Gasteiger partial charge in [0.1, 0.15) is 0 Å². The van der Waals surface area contributed by atoms with E-state index in [0.717, 1.165) is 49.8 Å². The molecule has 0 spiro atoms. The van der Waals surface area contributed by atoms with Gasteiger partial charge in [-0.15, -0.1) is 12.4 Å². The molecule has 3 unspecified atom stereocenters. The van der Waals surface area contributed by atoms with E-state index >= 15 is 0 Å². The Morgan fingerprint density at radius 1 is 1.15 bits per heavy atom. The van der Waals surface area contributed by atoms with Crippen LogP contribution >= 0.6 is 12.4 Å². The van der Waals surface area contributed by atoms with Crippen molar-refractivity contribution in [3.05, 3.63) is 29.8 Å². The van der Waals surface area contributed by atoms with E-state index in [1.54, 1.807) is 0 Å². The summed E-state index contributed by atoms with van der Waals surface area (Å²) in [4.78, 5) is 24.4. The van der Waals surface area contributed by atoms with Gasteiger partial charge in [-0.3, -0.25) is 4.79 Å². The van der Waals surface area contributed by atoms with Gasteiger partial charge in [-0.05, 0) is 57.2 Å². The van der Waals surface area contributed by atoms with Gasteiger partial charge in [-0.25, -0.2) is 4.79 Å². The summed E-state index contributed by atoms with van der Waals surface area (Å²) in [7, 11) is 0. The maximum absolute atomic E-state index is 12.7. The van der Waals surface area contributed by atoms with Gasteiger partial charge in [0.25, 0.3) is 0 Å². The van der Waals surface area contributed by atoms with E-state index in [1.807, 2.05) is 38.1 Å². The van der Waals surface area contributed by atoms with Crippen LogP contribution in [0, 0.1) is 5.92 Å². The van der Waals surface area contributed by atoms with Crippen LogP contribution in [0.3, 0.4) is 0 Å². The lowest BCUT2D eigenvalue weighted by molar-refractivity contribution is -0.128. The van der Waals surface area contributed by atoms with E-state index < -0.39 is 5.54 Å². The molecule has 0 saturated heterocycles. The van der Waals surface area contributed by atoms with Crippen LogP contribution in [0.1, 0.15) is 64.0 Å². The van der Waals surface area contributed by atoms with Gasteiger partial charge in [-0.2, -0.15) is 0 Å². The van der Waals surface area contributed by atoms with Crippen LogP contribution in [-0.2, 0) is 4.79 Å². The molecule has 2 aliphatic carbocycles. The fourth-order valence-electron chi connectivity index (χ4n) is 3.62. The Morgan fingerprint density at radius 3 is 2.41 bits per heavy atom. The number of hydrogen-bond acceptors (Lipinski definition) is 3. The van der Waals surface area contributed by atoms with Crippen molar-refractivity contribution >= 4 is 30.0 Å². The second-order valence-corrected chi connectivity index (χ2v) is 8.03. The predicted octanol–water partition coefficient (Wildman–Crippen LogP) is 3.48. The Balaban J connectivity index is 0.00000261. The van der Waals surface area contributed by atoms with Crippen LogP contribution < -0.4 is 21.7 Å². The van der Waals surface area contributed by atoms with Gasteiger partial charge in [0.15, 0.2) is 0 Å². The molecule has 3 atom stereocenters. The van der Waals surface area contributed by atoms with Gasteiger partial charge >= 0.3 is 6.03 Å². The molecule has 0 heterocycles. The van der Waals surface area contributed by atoms with Crippen molar-refractivity contribution < 1.29 is 9.59 Å². The van der Waals surface area contributed by atoms with Crippen molar-refractivity contribution in [1.82, 2.24) is 10.6 Å². The second-order valence-electron chi connectivity index (χ2n) is 8.03. The van der Waals surface area contributed by atoms with Crippen LogP contribution in [0.4, 0.5) is 10.5 Å². The monoisotopic (exact) mass is 394 g/mol. The Morgan fingerprint density at radius 2 is 1.81 bits per heavy atom. The molecule has 1 aromatic rings. The maximum Gasteiger partial charge on any atom is 0.319 e. The lowest BCUT2D eigenvalue weighted by atomic mass is 9.74. The van der Waals surface area contributed by atoms with Crippen molar-refractivity contribution in [2.45, 2.75) is 70.0 Å². The van der Waals surface area contributed by atoms with E-state index in [4.69, 9.17) is 5.73 Å². The molecule has 0 bridgehead atoms. The van der Waals surface area contributed by atoms with E-state index in [9.17, 15) is 9.59 Å². The summed E-state index contributed by atoms with van der Waals surface area (Å²) < 4.78 is 0. The minimum absolute atomic E-state index is 0. The number of nitrogens with one attached hydrogen (secondary N) is 3. The number of benzene rings is 1. The third-order valence-electron chi connectivity index (χ3n) is 5.51. The van der Waals surface area contributed by atoms with Crippen LogP contribution in [0.25, 0.3) is 0 Å². The highest BCUT2D eigenvalue weighted by Crippen LogP contribution is 2.32. The van der Waals surface area contributed by atoms with E-state index in [-0.39, 0.29) is 36.3 Å². The second kappa shape index (κ2) is 8.93. The normalized spacial score (nSPS) is 25.7. The first-order valence-electron chi connectivity index (χ1n) is 9.62. The summed E-state index contributed by atoms with van der Waals surface area (Å²) in [6, 6.07) is 7.64. The summed E-state index contributed by atoms with van der Waals surface area (Å²) in [5, 5.41) is 8.82. The van der Waals surface area contributed by atoms with Crippen molar-refractivity contribution in [2.24, 2.45) is 11.7 Å². The molecular weight excluding hydrogens is 364 g/mol. The highest BCUT2D eigenvalue weighted by Gasteiger charge is 2.38. The molecule has 0 radical (unpaired) electrons. The standard InChI is InChI=1S/C20H30N4O2.ClH/c1-13(22-18(25)17-5-3-4-12-20(17,2)21)14-6-8-15(9-7-14)23-19(26)24-16-10-11-16;/h6-9,13,16-17H,3-5,10-12,21H2,1-2H3,(H,22,25)(H2,23,24,26);1H. The molecule has 6 nitrogen and oxygen atoms in total. The number of anilines is 1. The van der Waals surface area contributed by atoms with E-state index in [2.05, 4.69) is 16.0 Å². The molecule has 2 saturated carbocycles. The Bertz CT molecular complexity index is 658. The molecule has 27 heavy (non-hydrogen) atoms. The summed E-state index contributed by atoms with van der Waals surface area (Å²) in [5.41, 5.74) is 7.65. The zero-order valence-electron chi connectivity index (χ0n) is 16.1. The molecule has 2 fully saturated rings. The first-order chi connectivity index (χ1) is 12.3. The number of amides is 3. The summed E-state index contributed by atoms with van der Waals surface area (Å²) in [5.74, 6) is -0.0982. The minimum atomic E-state index is -0.426. The molecule has 0 aliphatic heterocycles. The zero-order valence-corrected chi connectivity index (χ0v) is 16.9. The summed E-state index contributed by atoms with van der Waals surface area (Å²) in [6.45, 7) is 3.95. The Kier molecular flexibility index (Phi) is 7.12. The van der Waals surface area contributed by atoms with Crippen molar-refractivity contribution in [1.29, 1.82) is 0 Å². The Hall–Kier alpha value is -1.79. The minimum Gasteiger partial charge on any atom is -0.349 e. The molecule has 3 rings (SSSR count). The fourth-order valence-corrected chi connectivity index (χ4v) is 3.62. The number of carbonyl (C=O) groups excluding carboxylic acids is 2. The molecular formula is C20H31ClN4O2. The summed E-state index contributed by atoms with van der Waals surface area (Å²) >= 11 is 0. The number of nitrogens with two attached hydrogens (primary N) is 1. The van der Waals surface area contributed by atoms with Gasteiger partial charge in [0.2, 0.25) is 5.91 Å². The number of halogens is 1. The average molecular weight is 395 g/mol. The Labute approximate surface area is 167 Å². The molecule has 5 N–H and O–H groups in total. The van der Waals surface area contributed by atoms with Crippen LogP contribution in [0.5, 0.6) is 0 Å². The summed E-state index contributed by atoms with van der Waals surface area (Å²) in [6.07, 6.45) is 6.02. The predicted molar refractivity (Wildman–Crippen MR) is 110 cm³/mol. The number of hydrogen-bond donors (Lipinski definition) is 4. The zero-order chi connectivity index (χ0) is 18.7. The van der Waals surface area contributed by atoms with Gasteiger partial charge in [0, 0.05) is 17.3 Å². The molecule has 0 aromatic heterocycles. The van der Waals surface area contributed by atoms with Crippen molar-refractivity contribution in [3.8, 4) is 0 Å². The van der Waals surface area contributed by atoms with Crippen LogP contribution in [0.15, 0.2) is 24.3 Å². The highest BCUT2D eigenvalue weighted by molar-refractivity contribution is 5.89. The van der Waals surface area contributed by atoms with Crippen molar-refractivity contribution in [3.63, 3.8) is 0 Å². The third-order valence-corrected chi connectivity index (χ3v) is 5.51. The van der Waals surface area contributed by atoms with Crippen LogP contribution in [-0.4, -0.2) is 23.5 Å². The molecule has 3 amide bonds. The highest BCUT2D eigenvalue weighted by atomic mass is 35.5. The third kappa shape index (κ3) is 5.84. The SMILES string of the molecule is CC(NC(=O)C1CCCCC1(C)N)c1ccc(NC(=O)NC2CC2)cc1.Cl.